The number of nitro groups is 1. The number of hydrogen-bond donors (Lipinski definition) is 1. The number of carbonyl (C=O) groups excluding carboxylic acids is 2. The number of thioether (sulfide) groups is 1. The van der Waals surface area contributed by atoms with Crippen molar-refractivity contribution < 1.29 is 27.7 Å². The highest BCUT2D eigenvalue weighted by Crippen LogP contribution is 2.35. The lowest BCUT2D eigenvalue weighted by Gasteiger charge is -2.30. The largest absolute Gasteiger partial charge is 0.462 e. The number of benzene rings is 1. The number of carbonyl (C=O) groups is 2. The van der Waals surface area contributed by atoms with Gasteiger partial charge in [0.05, 0.1) is 16.4 Å². The van der Waals surface area contributed by atoms with Crippen LogP contribution < -0.4 is 5.32 Å². The number of thiophene rings is 1. The second-order valence-corrected chi connectivity index (χ2v) is 11.0. The lowest BCUT2D eigenvalue weighted by Crippen LogP contribution is -2.41. The smallest absolute Gasteiger partial charge is 0.341 e. The van der Waals surface area contributed by atoms with E-state index in [0.29, 0.717) is 11.3 Å². The summed E-state index contributed by atoms with van der Waals surface area (Å²) in [4.78, 5) is 36.5. The third-order valence-electron chi connectivity index (χ3n) is 5.15. The van der Waals surface area contributed by atoms with Gasteiger partial charge < -0.3 is 10.1 Å². The molecule has 2 aromatic rings. The molecule has 1 saturated heterocycles. The van der Waals surface area contributed by atoms with Crippen molar-refractivity contribution in [1.82, 2.24) is 4.31 Å². The van der Waals surface area contributed by atoms with Crippen molar-refractivity contribution in [3.8, 4) is 0 Å². The standard InChI is InChI=1S/C20H23N3O7S3/c1-3-30-20(25)16-12-17(23(26)27)32-19(16)21-18(24)13-8-10-22(11-9-13)33(28,29)15-6-4-14(31-2)5-7-15/h4-7,12-13H,3,8-11H2,1-2H3,(H,21,24). The Morgan fingerprint density at radius 2 is 1.91 bits per heavy atom. The fourth-order valence-electron chi connectivity index (χ4n) is 3.39. The second-order valence-electron chi connectivity index (χ2n) is 7.15. The molecule has 0 saturated carbocycles. The molecule has 0 bridgehead atoms. The monoisotopic (exact) mass is 513 g/mol. The molecular formula is C20H23N3O7S3. The molecule has 33 heavy (non-hydrogen) atoms. The predicted octanol–water partition coefficient (Wildman–Crippen LogP) is 3.59. The summed E-state index contributed by atoms with van der Waals surface area (Å²) in [6.45, 7) is 2.03. The van der Waals surface area contributed by atoms with Crippen molar-refractivity contribution in [2.24, 2.45) is 5.92 Å². The average Bonchev–Trinajstić information content (AvgIpc) is 3.23. The van der Waals surface area contributed by atoms with Crippen LogP contribution in [-0.2, 0) is 19.6 Å². The van der Waals surface area contributed by atoms with Crippen LogP contribution in [0, 0.1) is 16.0 Å². The van der Waals surface area contributed by atoms with E-state index in [1.165, 1.54) is 16.1 Å². The number of sulfonamides is 1. The lowest BCUT2D eigenvalue weighted by atomic mass is 9.97. The summed E-state index contributed by atoms with van der Waals surface area (Å²) in [7, 11) is -3.67. The van der Waals surface area contributed by atoms with Gasteiger partial charge in [-0.15, -0.1) is 11.8 Å². The van der Waals surface area contributed by atoms with Crippen LogP contribution in [0.4, 0.5) is 10.0 Å². The highest BCUT2D eigenvalue weighted by Gasteiger charge is 2.33. The molecule has 13 heteroatoms. The molecule has 0 unspecified atom stereocenters. The molecule has 0 spiro atoms. The third kappa shape index (κ3) is 5.72. The number of piperidine rings is 1. The molecule has 0 aliphatic carbocycles. The maximum absolute atomic E-state index is 12.9. The van der Waals surface area contributed by atoms with Gasteiger partial charge in [0.1, 0.15) is 10.6 Å². The molecule has 1 fully saturated rings. The van der Waals surface area contributed by atoms with Gasteiger partial charge in [0, 0.05) is 30.0 Å². The first-order valence-electron chi connectivity index (χ1n) is 10.1. The van der Waals surface area contributed by atoms with Gasteiger partial charge in [0.15, 0.2) is 0 Å². The number of nitrogens with zero attached hydrogens (tertiary/aromatic N) is 2. The summed E-state index contributed by atoms with van der Waals surface area (Å²) in [5, 5.41) is 13.5. The van der Waals surface area contributed by atoms with Gasteiger partial charge in [-0.1, -0.05) is 0 Å². The first kappa shape index (κ1) is 25.1. The van der Waals surface area contributed by atoms with Gasteiger partial charge in [-0.05, 0) is 61.6 Å². The Morgan fingerprint density at radius 1 is 1.27 bits per heavy atom. The van der Waals surface area contributed by atoms with Crippen LogP contribution in [0.1, 0.15) is 30.1 Å². The minimum Gasteiger partial charge on any atom is -0.462 e. The van der Waals surface area contributed by atoms with E-state index in [2.05, 4.69) is 5.32 Å². The molecule has 0 atom stereocenters. The van der Waals surface area contributed by atoms with Crippen molar-refractivity contribution >= 4 is 55.0 Å². The van der Waals surface area contributed by atoms with Gasteiger partial charge >= 0.3 is 11.0 Å². The van der Waals surface area contributed by atoms with Crippen LogP contribution in [0.25, 0.3) is 0 Å². The molecule has 0 radical (unpaired) electrons. The molecule has 1 aromatic heterocycles. The molecule has 2 heterocycles. The van der Waals surface area contributed by atoms with Crippen LogP contribution in [0.2, 0.25) is 0 Å². The molecule has 3 rings (SSSR count). The highest BCUT2D eigenvalue weighted by molar-refractivity contribution is 7.98. The Morgan fingerprint density at radius 3 is 2.45 bits per heavy atom. The maximum Gasteiger partial charge on any atom is 0.341 e. The first-order valence-corrected chi connectivity index (χ1v) is 13.6. The van der Waals surface area contributed by atoms with Crippen molar-refractivity contribution in [1.29, 1.82) is 0 Å². The number of ether oxygens (including phenoxy) is 1. The molecular weight excluding hydrogens is 490 g/mol. The fourth-order valence-corrected chi connectivity index (χ4v) is 6.13. The third-order valence-corrected chi connectivity index (χ3v) is 8.81. The zero-order valence-electron chi connectivity index (χ0n) is 18.0. The summed E-state index contributed by atoms with van der Waals surface area (Å²) < 4.78 is 32.1. The first-order chi connectivity index (χ1) is 15.7. The molecule has 1 aromatic carbocycles. The minimum atomic E-state index is -3.67. The zero-order chi connectivity index (χ0) is 24.2. The summed E-state index contributed by atoms with van der Waals surface area (Å²) in [5.74, 6) is -1.67. The van der Waals surface area contributed by atoms with Crippen molar-refractivity contribution in [3.63, 3.8) is 0 Å². The molecule has 178 valence electrons. The molecule has 1 aliphatic heterocycles. The number of rotatable bonds is 8. The van der Waals surface area contributed by atoms with E-state index in [9.17, 15) is 28.1 Å². The van der Waals surface area contributed by atoms with Crippen molar-refractivity contribution in [2.75, 3.05) is 31.3 Å². The molecule has 1 N–H and O–H groups in total. The van der Waals surface area contributed by atoms with Gasteiger partial charge in [0.2, 0.25) is 15.9 Å². The van der Waals surface area contributed by atoms with E-state index in [1.54, 1.807) is 31.2 Å². The van der Waals surface area contributed by atoms with Gasteiger partial charge in [-0.2, -0.15) is 4.31 Å². The van der Waals surface area contributed by atoms with Crippen LogP contribution in [-0.4, -0.2) is 55.5 Å². The Kier molecular flexibility index (Phi) is 8.10. The Balaban J connectivity index is 1.67. The van der Waals surface area contributed by atoms with E-state index < -0.39 is 32.7 Å². The molecule has 10 nitrogen and oxygen atoms in total. The predicted molar refractivity (Wildman–Crippen MR) is 125 cm³/mol. The highest BCUT2D eigenvalue weighted by atomic mass is 32.2. The van der Waals surface area contributed by atoms with E-state index in [-0.39, 0.29) is 53.0 Å². The van der Waals surface area contributed by atoms with E-state index in [4.69, 9.17) is 4.74 Å². The summed E-state index contributed by atoms with van der Waals surface area (Å²) in [5.41, 5.74) is -0.0735. The van der Waals surface area contributed by atoms with E-state index in [0.717, 1.165) is 11.0 Å². The Hall–Kier alpha value is -2.48. The molecule has 1 aliphatic rings. The second kappa shape index (κ2) is 10.6. The van der Waals surface area contributed by atoms with Crippen LogP contribution in [0.3, 0.4) is 0 Å². The topological polar surface area (TPSA) is 136 Å². The Bertz CT molecular complexity index is 1140. The van der Waals surface area contributed by atoms with Gasteiger partial charge in [0.25, 0.3) is 0 Å². The fraction of sp³-hybridized carbons (Fsp3) is 0.400. The number of nitrogens with one attached hydrogen (secondary N) is 1. The summed E-state index contributed by atoms with van der Waals surface area (Å²) in [6, 6.07) is 7.72. The van der Waals surface area contributed by atoms with Crippen LogP contribution in [0.15, 0.2) is 40.1 Å². The lowest BCUT2D eigenvalue weighted by molar-refractivity contribution is -0.380. The summed E-state index contributed by atoms with van der Waals surface area (Å²) in [6.07, 6.45) is 2.48. The maximum atomic E-state index is 12.9. The van der Waals surface area contributed by atoms with E-state index in [1.807, 2.05) is 6.26 Å². The normalized spacial score (nSPS) is 15.2. The number of esters is 1. The zero-order valence-corrected chi connectivity index (χ0v) is 20.4. The van der Waals surface area contributed by atoms with Gasteiger partial charge in [-0.25, -0.2) is 13.2 Å². The SMILES string of the molecule is CCOC(=O)c1cc([N+](=O)[O-])sc1NC(=O)C1CCN(S(=O)(=O)c2ccc(SC)cc2)CC1. The number of anilines is 1. The summed E-state index contributed by atoms with van der Waals surface area (Å²) >= 11 is 2.20. The van der Waals surface area contributed by atoms with Gasteiger partial charge in [-0.3, -0.25) is 14.9 Å². The van der Waals surface area contributed by atoms with Crippen LogP contribution >= 0.6 is 23.1 Å². The van der Waals surface area contributed by atoms with E-state index >= 15 is 0 Å². The quantitative estimate of drug-likeness (QED) is 0.245. The average molecular weight is 514 g/mol. The van der Waals surface area contributed by atoms with Crippen molar-refractivity contribution in [2.45, 2.75) is 29.6 Å². The Labute approximate surface area is 199 Å². The number of amides is 1. The van der Waals surface area contributed by atoms with Crippen LogP contribution in [0.5, 0.6) is 0 Å². The number of hydrogen-bond acceptors (Lipinski definition) is 9. The van der Waals surface area contributed by atoms with Crippen molar-refractivity contribution in [3.05, 3.63) is 46.0 Å². The minimum absolute atomic E-state index is 0.0501. The molecule has 1 amide bonds.